The lowest BCUT2D eigenvalue weighted by atomic mass is 9.99. The number of anilines is 1. The van der Waals surface area contributed by atoms with Crippen molar-refractivity contribution >= 4 is 30.2 Å². The van der Waals surface area contributed by atoms with E-state index in [0.29, 0.717) is 18.9 Å². The highest BCUT2D eigenvalue weighted by atomic mass is 35.5. The van der Waals surface area contributed by atoms with E-state index in [0.717, 1.165) is 18.5 Å². The second kappa shape index (κ2) is 8.84. The fourth-order valence-corrected chi connectivity index (χ4v) is 2.51. The molecular formula is C16H26ClN5O2. The molecule has 1 saturated heterocycles. The van der Waals surface area contributed by atoms with Gasteiger partial charge in [0, 0.05) is 18.8 Å². The molecular weight excluding hydrogens is 330 g/mol. The van der Waals surface area contributed by atoms with Gasteiger partial charge in [0.05, 0.1) is 6.04 Å². The lowest BCUT2D eigenvalue weighted by Crippen LogP contribution is -2.53. The monoisotopic (exact) mass is 355 g/mol. The molecule has 1 fully saturated rings. The number of nitrogens with one attached hydrogen (secondary N) is 1. The molecule has 0 spiro atoms. The zero-order chi connectivity index (χ0) is 17.0. The number of nitrogens with zero attached hydrogens (tertiary/aromatic N) is 3. The van der Waals surface area contributed by atoms with Gasteiger partial charge in [0.25, 0.3) is 5.91 Å². The van der Waals surface area contributed by atoms with Crippen LogP contribution in [-0.4, -0.2) is 46.1 Å². The van der Waals surface area contributed by atoms with Crippen molar-refractivity contribution in [2.75, 3.05) is 18.4 Å². The Morgan fingerprint density at radius 1 is 1.33 bits per heavy atom. The van der Waals surface area contributed by atoms with Crippen molar-refractivity contribution in [2.45, 2.75) is 39.7 Å². The number of hydrogen-bond donors (Lipinski definition) is 2. The maximum atomic E-state index is 12.5. The number of aromatic nitrogens is 1. The van der Waals surface area contributed by atoms with Crippen molar-refractivity contribution in [1.29, 1.82) is 0 Å². The summed E-state index contributed by atoms with van der Waals surface area (Å²) in [5.74, 6) is 0.344. The third-order valence-electron chi connectivity index (χ3n) is 4.19. The predicted octanol–water partition coefficient (Wildman–Crippen LogP) is 2.17. The molecule has 8 heteroatoms. The third-order valence-corrected chi connectivity index (χ3v) is 4.19. The summed E-state index contributed by atoms with van der Waals surface area (Å²) < 4.78 is 0. The quantitative estimate of drug-likeness (QED) is 0.865. The van der Waals surface area contributed by atoms with Gasteiger partial charge in [-0.25, -0.2) is 19.8 Å². The van der Waals surface area contributed by atoms with E-state index in [2.05, 4.69) is 10.3 Å². The highest BCUT2D eigenvalue weighted by Gasteiger charge is 2.34. The van der Waals surface area contributed by atoms with Crippen LogP contribution in [0.3, 0.4) is 0 Å². The van der Waals surface area contributed by atoms with Crippen LogP contribution >= 0.6 is 12.4 Å². The van der Waals surface area contributed by atoms with Gasteiger partial charge in [-0.15, -0.1) is 12.4 Å². The average molecular weight is 356 g/mol. The largest absolute Gasteiger partial charge is 0.341 e. The van der Waals surface area contributed by atoms with Crippen molar-refractivity contribution in [3.63, 3.8) is 0 Å². The van der Waals surface area contributed by atoms with Crippen LogP contribution in [0.4, 0.5) is 10.6 Å². The van der Waals surface area contributed by atoms with Crippen LogP contribution in [0.1, 0.15) is 32.4 Å². The number of aryl methyl sites for hydroxylation is 1. The van der Waals surface area contributed by atoms with Gasteiger partial charge < -0.3 is 5.73 Å². The number of hydrazine groups is 1. The fraction of sp³-hybridized carbons (Fsp3) is 0.562. The summed E-state index contributed by atoms with van der Waals surface area (Å²) in [6.45, 7) is 6.80. The molecule has 134 valence electrons. The molecule has 2 atom stereocenters. The minimum Gasteiger partial charge on any atom is -0.320 e. The molecule has 2 rings (SSSR count). The van der Waals surface area contributed by atoms with Crippen molar-refractivity contribution in [1.82, 2.24) is 15.0 Å². The first-order valence-corrected chi connectivity index (χ1v) is 8.03. The summed E-state index contributed by atoms with van der Waals surface area (Å²) in [6.07, 6.45) is 1.56. The maximum absolute atomic E-state index is 12.5. The Morgan fingerprint density at radius 3 is 2.62 bits per heavy atom. The van der Waals surface area contributed by atoms with Gasteiger partial charge in [0.15, 0.2) is 0 Å². The number of amides is 3. The molecule has 0 aromatic carbocycles. The first-order valence-electron chi connectivity index (χ1n) is 8.03. The van der Waals surface area contributed by atoms with Crippen LogP contribution in [0.15, 0.2) is 18.2 Å². The summed E-state index contributed by atoms with van der Waals surface area (Å²) >= 11 is 0. The summed E-state index contributed by atoms with van der Waals surface area (Å²) in [5.41, 5.74) is 6.84. The van der Waals surface area contributed by atoms with Gasteiger partial charge in [-0.05, 0) is 31.4 Å². The Kier molecular flexibility index (Phi) is 7.44. The molecule has 7 nitrogen and oxygen atoms in total. The summed E-state index contributed by atoms with van der Waals surface area (Å²) in [4.78, 5) is 29.2. The summed E-state index contributed by atoms with van der Waals surface area (Å²) in [6, 6.07) is 4.45. The van der Waals surface area contributed by atoms with Gasteiger partial charge in [0.1, 0.15) is 5.82 Å². The van der Waals surface area contributed by atoms with Crippen LogP contribution in [0.5, 0.6) is 0 Å². The molecule has 3 N–H and O–H groups in total. The van der Waals surface area contributed by atoms with E-state index in [1.54, 1.807) is 6.07 Å². The number of nitrogens with two attached hydrogens (primary N) is 1. The topological polar surface area (TPSA) is 91.6 Å². The Hall–Kier alpha value is -1.86. The minimum atomic E-state index is -0.592. The van der Waals surface area contributed by atoms with E-state index in [-0.39, 0.29) is 30.3 Å². The lowest BCUT2D eigenvalue weighted by molar-refractivity contribution is -0.142. The molecule has 0 radical (unpaired) electrons. The molecule has 24 heavy (non-hydrogen) atoms. The highest BCUT2D eigenvalue weighted by molar-refractivity contribution is 5.91. The lowest BCUT2D eigenvalue weighted by Gasteiger charge is -2.31. The molecule has 3 amide bonds. The van der Waals surface area contributed by atoms with E-state index in [4.69, 9.17) is 5.73 Å². The van der Waals surface area contributed by atoms with E-state index in [9.17, 15) is 9.59 Å². The van der Waals surface area contributed by atoms with Crippen molar-refractivity contribution in [2.24, 2.45) is 11.7 Å². The predicted molar refractivity (Wildman–Crippen MR) is 95.7 cm³/mol. The standard InChI is InChI=1S/C16H25N5O2.ClH/c1-4-11(2)14(17)15(22)20-9-6-10-21(20)16(23)19-13-8-5-7-12(3)18-13;/h5,7-8,11,14H,4,6,9-10,17H2,1-3H3,(H,18,19,23);1H. The Balaban J connectivity index is 0.00000288. The van der Waals surface area contributed by atoms with Gasteiger partial charge in [-0.3, -0.25) is 10.1 Å². The number of carbonyl (C=O) groups excluding carboxylic acids is 2. The van der Waals surface area contributed by atoms with Crippen molar-refractivity contribution in [3.8, 4) is 0 Å². The van der Waals surface area contributed by atoms with E-state index >= 15 is 0 Å². The molecule has 0 saturated carbocycles. The van der Waals surface area contributed by atoms with Crippen LogP contribution in [0.2, 0.25) is 0 Å². The Labute approximate surface area is 149 Å². The highest BCUT2D eigenvalue weighted by Crippen LogP contribution is 2.17. The smallest absolute Gasteiger partial charge is 0.320 e. The second-order valence-electron chi connectivity index (χ2n) is 5.94. The number of carbonyl (C=O) groups is 2. The zero-order valence-corrected chi connectivity index (χ0v) is 15.2. The van der Waals surface area contributed by atoms with Gasteiger partial charge in [-0.2, -0.15) is 0 Å². The van der Waals surface area contributed by atoms with Crippen LogP contribution in [0, 0.1) is 12.8 Å². The Morgan fingerprint density at radius 2 is 2.00 bits per heavy atom. The normalized spacial score (nSPS) is 16.3. The molecule has 1 aliphatic heterocycles. The number of urea groups is 1. The fourth-order valence-electron chi connectivity index (χ4n) is 2.51. The number of hydrogen-bond acceptors (Lipinski definition) is 4. The molecule has 1 aromatic heterocycles. The molecule has 1 aliphatic rings. The van der Waals surface area contributed by atoms with E-state index in [1.807, 2.05) is 32.9 Å². The minimum absolute atomic E-state index is 0. The third kappa shape index (κ3) is 4.58. The SMILES string of the molecule is CCC(C)C(N)C(=O)N1CCCN1C(=O)Nc1cccc(C)n1.Cl. The Bertz CT molecular complexity index is 583. The van der Waals surface area contributed by atoms with Crippen molar-refractivity contribution in [3.05, 3.63) is 23.9 Å². The van der Waals surface area contributed by atoms with Gasteiger partial charge in [0.2, 0.25) is 0 Å². The summed E-state index contributed by atoms with van der Waals surface area (Å²) in [7, 11) is 0. The van der Waals surface area contributed by atoms with Gasteiger partial charge >= 0.3 is 6.03 Å². The molecule has 0 aliphatic carbocycles. The second-order valence-corrected chi connectivity index (χ2v) is 5.94. The van der Waals surface area contributed by atoms with Gasteiger partial charge in [-0.1, -0.05) is 26.3 Å². The first kappa shape index (κ1) is 20.2. The van der Waals surface area contributed by atoms with Crippen LogP contribution < -0.4 is 11.1 Å². The maximum Gasteiger partial charge on any atom is 0.341 e. The molecule has 0 bridgehead atoms. The van der Waals surface area contributed by atoms with Crippen LogP contribution in [-0.2, 0) is 4.79 Å². The number of rotatable bonds is 4. The first-order chi connectivity index (χ1) is 10.9. The van der Waals surface area contributed by atoms with E-state index in [1.165, 1.54) is 10.0 Å². The number of pyridine rings is 1. The summed E-state index contributed by atoms with van der Waals surface area (Å²) in [5, 5.41) is 5.62. The molecule has 2 heterocycles. The number of halogens is 1. The van der Waals surface area contributed by atoms with E-state index < -0.39 is 6.04 Å². The molecule has 1 aromatic rings. The average Bonchev–Trinajstić information content (AvgIpc) is 3.02. The van der Waals surface area contributed by atoms with Crippen molar-refractivity contribution < 1.29 is 9.59 Å². The van der Waals surface area contributed by atoms with Crippen LogP contribution in [0.25, 0.3) is 0 Å². The molecule has 2 unspecified atom stereocenters. The zero-order valence-electron chi connectivity index (χ0n) is 14.4.